The summed E-state index contributed by atoms with van der Waals surface area (Å²) in [4.78, 5) is 17.2. The third-order valence-electron chi connectivity index (χ3n) is 3.58. The maximum absolute atomic E-state index is 11.8. The second-order valence-corrected chi connectivity index (χ2v) is 5.52. The van der Waals surface area contributed by atoms with Crippen molar-refractivity contribution in [2.45, 2.75) is 26.2 Å². The van der Waals surface area contributed by atoms with E-state index >= 15 is 0 Å². The quantitative estimate of drug-likeness (QED) is 0.753. The maximum Gasteiger partial charge on any atom is 0.267 e. The fraction of sp³-hybridized carbons (Fsp3) is 0.643. The summed E-state index contributed by atoms with van der Waals surface area (Å²) >= 11 is 0. The van der Waals surface area contributed by atoms with Gasteiger partial charge in [-0.15, -0.1) is 0 Å². The number of hydrogen-bond acceptors (Lipinski definition) is 3. The number of carbonyl (C=O) groups excluding carboxylic acids is 1. The Morgan fingerprint density at radius 2 is 2.21 bits per heavy atom. The van der Waals surface area contributed by atoms with Gasteiger partial charge in [-0.25, -0.2) is 0 Å². The zero-order valence-corrected chi connectivity index (χ0v) is 11.6. The Morgan fingerprint density at radius 1 is 1.47 bits per heavy atom. The fourth-order valence-corrected chi connectivity index (χ4v) is 2.55. The van der Waals surface area contributed by atoms with Gasteiger partial charge in [0, 0.05) is 25.0 Å². The lowest BCUT2D eigenvalue weighted by Crippen LogP contribution is -2.38. The Balaban J connectivity index is 1.70. The first kappa shape index (κ1) is 13.9. The zero-order valence-electron chi connectivity index (χ0n) is 11.6. The van der Waals surface area contributed by atoms with Gasteiger partial charge in [0.2, 0.25) is 0 Å². The van der Waals surface area contributed by atoms with Crippen molar-refractivity contribution in [1.82, 2.24) is 15.2 Å². The Bertz CT molecular complexity index is 409. The molecule has 0 saturated carbocycles. The largest absolute Gasteiger partial charge is 0.397 e. The highest BCUT2D eigenvalue weighted by Crippen LogP contribution is 2.10. The second kappa shape index (κ2) is 6.61. The van der Waals surface area contributed by atoms with E-state index in [1.54, 1.807) is 12.3 Å². The van der Waals surface area contributed by atoms with Gasteiger partial charge in [-0.2, -0.15) is 0 Å². The van der Waals surface area contributed by atoms with Crippen molar-refractivity contribution < 1.29 is 4.79 Å². The third kappa shape index (κ3) is 4.28. The van der Waals surface area contributed by atoms with Crippen molar-refractivity contribution in [2.75, 3.05) is 31.9 Å². The normalized spacial score (nSPS) is 18.2. The molecule has 1 aromatic heterocycles. The number of H-pyrrole nitrogens is 1. The Labute approximate surface area is 114 Å². The average molecular weight is 264 g/mol. The molecule has 1 aliphatic heterocycles. The third-order valence-corrected chi connectivity index (χ3v) is 3.58. The van der Waals surface area contributed by atoms with Crippen molar-refractivity contribution in [1.29, 1.82) is 0 Å². The summed E-state index contributed by atoms with van der Waals surface area (Å²) in [6, 6.07) is 1.66. The van der Waals surface area contributed by atoms with Crippen LogP contribution in [-0.2, 0) is 0 Å². The monoisotopic (exact) mass is 264 g/mol. The summed E-state index contributed by atoms with van der Waals surface area (Å²) in [5, 5.41) is 2.95. The van der Waals surface area contributed by atoms with Gasteiger partial charge in [0.05, 0.1) is 0 Å². The van der Waals surface area contributed by atoms with Crippen molar-refractivity contribution in [3.8, 4) is 0 Å². The molecule has 1 fully saturated rings. The molecule has 19 heavy (non-hydrogen) atoms. The molecule has 5 heteroatoms. The molecule has 2 heterocycles. The van der Waals surface area contributed by atoms with E-state index in [1.807, 2.05) is 0 Å². The molecule has 1 aliphatic rings. The van der Waals surface area contributed by atoms with Gasteiger partial charge in [0.1, 0.15) is 5.69 Å². The molecule has 1 aromatic rings. The number of aromatic nitrogens is 1. The van der Waals surface area contributed by atoms with Gasteiger partial charge in [-0.1, -0.05) is 13.3 Å². The SMILES string of the molecule is CC(CNC(=O)c1cc(N)c[nH]1)CN1CCCCC1. The number of likely N-dealkylation sites (tertiary alicyclic amines) is 1. The van der Waals surface area contributed by atoms with Crippen molar-refractivity contribution >= 4 is 11.6 Å². The first-order valence-electron chi connectivity index (χ1n) is 7.09. The predicted molar refractivity (Wildman–Crippen MR) is 77.0 cm³/mol. The highest BCUT2D eigenvalue weighted by Gasteiger charge is 2.14. The number of hydrogen-bond donors (Lipinski definition) is 3. The number of nitrogens with one attached hydrogen (secondary N) is 2. The summed E-state index contributed by atoms with van der Waals surface area (Å²) in [5.41, 5.74) is 6.70. The Morgan fingerprint density at radius 3 is 2.84 bits per heavy atom. The smallest absolute Gasteiger partial charge is 0.267 e. The molecular formula is C14H24N4O. The molecule has 0 bridgehead atoms. The molecule has 0 aliphatic carbocycles. The van der Waals surface area contributed by atoms with E-state index < -0.39 is 0 Å². The summed E-state index contributed by atoms with van der Waals surface area (Å²) < 4.78 is 0. The van der Waals surface area contributed by atoms with Crippen LogP contribution in [0.4, 0.5) is 5.69 Å². The first-order valence-corrected chi connectivity index (χ1v) is 7.09. The van der Waals surface area contributed by atoms with Crippen LogP contribution in [0.1, 0.15) is 36.7 Å². The van der Waals surface area contributed by atoms with Crippen LogP contribution in [0, 0.1) is 5.92 Å². The molecule has 1 amide bonds. The zero-order chi connectivity index (χ0) is 13.7. The summed E-state index contributed by atoms with van der Waals surface area (Å²) in [6.07, 6.45) is 5.60. The first-order chi connectivity index (χ1) is 9.15. The molecule has 1 atom stereocenters. The van der Waals surface area contributed by atoms with Crippen LogP contribution < -0.4 is 11.1 Å². The summed E-state index contributed by atoms with van der Waals surface area (Å²) in [7, 11) is 0. The lowest BCUT2D eigenvalue weighted by Gasteiger charge is -2.29. The molecule has 0 spiro atoms. The molecule has 4 N–H and O–H groups in total. The number of aromatic amines is 1. The second-order valence-electron chi connectivity index (χ2n) is 5.52. The van der Waals surface area contributed by atoms with Gasteiger partial charge in [-0.05, 0) is 37.9 Å². The summed E-state index contributed by atoms with van der Waals surface area (Å²) in [5.74, 6) is 0.386. The summed E-state index contributed by atoms with van der Waals surface area (Å²) in [6.45, 7) is 6.34. The van der Waals surface area contributed by atoms with Crippen LogP contribution in [0.3, 0.4) is 0 Å². The number of nitrogens with zero attached hydrogens (tertiary/aromatic N) is 1. The van der Waals surface area contributed by atoms with Crippen LogP contribution in [-0.4, -0.2) is 42.0 Å². The van der Waals surface area contributed by atoms with E-state index in [0.717, 1.165) is 6.54 Å². The maximum atomic E-state index is 11.8. The number of nitrogens with two attached hydrogens (primary N) is 1. The Hall–Kier alpha value is -1.49. The van der Waals surface area contributed by atoms with Crippen LogP contribution in [0.5, 0.6) is 0 Å². The number of carbonyl (C=O) groups is 1. The molecular weight excluding hydrogens is 240 g/mol. The topological polar surface area (TPSA) is 74.1 Å². The molecule has 106 valence electrons. The van der Waals surface area contributed by atoms with Gasteiger partial charge in [0.15, 0.2) is 0 Å². The highest BCUT2D eigenvalue weighted by atomic mass is 16.1. The minimum absolute atomic E-state index is 0.0813. The van der Waals surface area contributed by atoms with Gasteiger partial charge < -0.3 is 20.9 Å². The van der Waals surface area contributed by atoms with E-state index in [9.17, 15) is 4.79 Å². The number of nitrogen functional groups attached to an aromatic ring is 1. The van der Waals surface area contributed by atoms with E-state index in [0.29, 0.717) is 23.8 Å². The molecule has 1 unspecified atom stereocenters. The highest BCUT2D eigenvalue weighted by molar-refractivity contribution is 5.93. The van der Waals surface area contributed by atoms with E-state index in [4.69, 9.17) is 5.73 Å². The fourth-order valence-electron chi connectivity index (χ4n) is 2.55. The van der Waals surface area contributed by atoms with Crippen LogP contribution in [0.15, 0.2) is 12.3 Å². The van der Waals surface area contributed by atoms with Crippen LogP contribution >= 0.6 is 0 Å². The number of rotatable bonds is 5. The van der Waals surface area contributed by atoms with Crippen LogP contribution in [0.2, 0.25) is 0 Å². The average Bonchev–Trinajstić information content (AvgIpc) is 2.84. The van der Waals surface area contributed by atoms with Crippen molar-refractivity contribution in [3.63, 3.8) is 0 Å². The number of piperidine rings is 1. The molecule has 0 aromatic carbocycles. The minimum atomic E-state index is -0.0813. The van der Waals surface area contributed by atoms with Crippen molar-refractivity contribution in [2.24, 2.45) is 5.92 Å². The van der Waals surface area contributed by atoms with Crippen molar-refractivity contribution in [3.05, 3.63) is 18.0 Å². The van der Waals surface area contributed by atoms with E-state index in [-0.39, 0.29) is 5.91 Å². The molecule has 2 rings (SSSR count). The lowest BCUT2D eigenvalue weighted by molar-refractivity contribution is 0.0938. The van der Waals surface area contributed by atoms with Gasteiger partial charge in [-0.3, -0.25) is 4.79 Å². The number of amides is 1. The minimum Gasteiger partial charge on any atom is -0.397 e. The van der Waals surface area contributed by atoms with E-state index in [1.165, 1.54) is 32.4 Å². The van der Waals surface area contributed by atoms with E-state index in [2.05, 4.69) is 22.1 Å². The van der Waals surface area contributed by atoms with Crippen LogP contribution in [0.25, 0.3) is 0 Å². The molecule has 0 radical (unpaired) electrons. The van der Waals surface area contributed by atoms with Gasteiger partial charge >= 0.3 is 0 Å². The predicted octanol–water partition coefficient (Wildman–Crippen LogP) is 1.45. The molecule has 5 nitrogen and oxygen atoms in total. The van der Waals surface area contributed by atoms with Gasteiger partial charge in [0.25, 0.3) is 5.91 Å². The standard InChI is InChI=1S/C14H24N4O/c1-11(10-18-5-3-2-4-6-18)8-17-14(19)13-7-12(15)9-16-13/h7,9,11,16H,2-6,8,10,15H2,1H3,(H,17,19). The lowest BCUT2D eigenvalue weighted by atomic mass is 10.1. The number of anilines is 1. The molecule has 1 saturated heterocycles. The Kier molecular flexibility index (Phi) is 4.85.